The van der Waals surface area contributed by atoms with Crippen LogP contribution in [-0.2, 0) is 4.79 Å². The molecule has 3 N–H and O–H groups in total. The zero-order valence-electron chi connectivity index (χ0n) is 8.45. The van der Waals surface area contributed by atoms with E-state index in [-0.39, 0.29) is 0 Å². The maximum absolute atomic E-state index is 11.1. The summed E-state index contributed by atoms with van der Waals surface area (Å²) in [5.41, 5.74) is 5.76. The molecule has 0 aliphatic heterocycles. The molecule has 1 atom stereocenters. The number of nitrogens with two attached hydrogens (primary N) is 1. The molecular formula is C10H17NO2S. The minimum Gasteiger partial charge on any atom is -0.480 e. The van der Waals surface area contributed by atoms with Crippen LogP contribution in [0.25, 0.3) is 0 Å². The SMILES string of the molecule is CSCCC(N)(C(=O)O)C1=CCCC1. The van der Waals surface area contributed by atoms with E-state index >= 15 is 0 Å². The van der Waals surface area contributed by atoms with Gasteiger partial charge in [0.2, 0.25) is 0 Å². The summed E-state index contributed by atoms with van der Waals surface area (Å²) in [5, 5.41) is 9.14. The van der Waals surface area contributed by atoms with Gasteiger partial charge in [0.25, 0.3) is 0 Å². The highest BCUT2D eigenvalue weighted by atomic mass is 32.2. The van der Waals surface area contributed by atoms with Gasteiger partial charge in [-0.1, -0.05) is 6.08 Å². The van der Waals surface area contributed by atoms with Gasteiger partial charge >= 0.3 is 5.97 Å². The Morgan fingerprint density at radius 2 is 2.50 bits per heavy atom. The van der Waals surface area contributed by atoms with Crippen LogP contribution >= 0.6 is 11.8 Å². The van der Waals surface area contributed by atoms with Crippen LogP contribution in [0.4, 0.5) is 0 Å². The number of allylic oxidation sites excluding steroid dienone is 1. The van der Waals surface area contributed by atoms with Crippen molar-refractivity contribution < 1.29 is 9.90 Å². The summed E-state index contributed by atoms with van der Waals surface area (Å²) >= 11 is 1.63. The second-order valence-electron chi connectivity index (χ2n) is 3.64. The van der Waals surface area contributed by atoms with E-state index in [1.807, 2.05) is 12.3 Å². The maximum atomic E-state index is 11.1. The number of carboxylic acid groups (broad SMARTS) is 1. The third kappa shape index (κ3) is 2.30. The van der Waals surface area contributed by atoms with Gasteiger partial charge in [-0.3, -0.25) is 0 Å². The number of carbonyl (C=O) groups is 1. The molecule has 1 aliphatic carbocycles. The van der Waals surface area contributed by atoms with E-state index in [0.29, 0.717) is 6.42 Å². The summed E-state index contributed by atoms with van der Waals surface area (Å²) in [5.74, 6) is -0.0974. The first kappa shape index (κ1) is 11.6. The molecule has 0 heterocycles. The molecule has 0 bridgehead atoms. The van der Waals surface area contributed by atoms with Gasteiger partial charge < -0.3 is 10.8 Å². The minimum atomic E-state index is -1.11. The Morgan fingerprint density at radius 1 is 1.79 bits per heavy atom. The topological polar surface area (TPSA) is 63.3 Å². The number of rotatable bonds is 5. The lowest BCUT2D eigenvalue weighted by atomic mass is 9.87. The molecule has 0 spiro atoms. The fraction of sp³-hybridized carbons (Fsp3) is 0.700. The summed E-state index contributed by atoms with van der Waals surface area (Å²) in [6, 6.07) is 0. The summed E-state index contributed by atoms with van der Waals surface area (Å²) in [4.78, 5) is 11.1. The lowest BCUT2D eigenvalue weighted by molar-refractivity contribution is -0.141. The fourth-order valence-electron chi connectivity index (χ4n) is 1.74. The van der Waals surface area contributed by atoms with Crippen LogP contribution < -0.4 is 5.73 Å². The maximum Gasteiger partial charge on any atom is 0.328 e. The number of hydrogen-bond acceptors (Lipinski definition) is 3. The van der Waals surface area contributed by atoms with E-state index in [2.05, 4.69) is 0 Å². The first-order chi connectivity index (χ1) is 6.61. The highest BCUT2D eigenvalue weighted by Crippen LogP contribution is 2.30. The Balaban J connectivity index is 2.75. The van der Waals surface area contributed by atoms with Crippen LogP contribution in [0.5, 0.6) is 0 Å². The molecule has 0 amide bonds. The standard InChI is InChI=1S/C10H17NO2S/c1-14-7-6-10(11,9(12)13)8-4-2-3-5-8/h4H,2-3,5-7,11H2,1H3,(H,12,13). The number of aliphatic carboxylic acids is 1. The molecule has 0 aromatic rings. The van der Waals surface area contributed by atoms with E-state index in [9.17, 15) is 4.79 Å². The van der Waals surface area contributed by atoms with Gasteiger partial charge in [0.05, 0.1) is 0 Å². The quantitative estimate of drug-likeness (QED) is 0.684. The van der Waals surface area contributed by atoms with E-state index in [0.717, 1.165) is 30.6 Å². The predicted octanol–water partition coefficient (Wildman–Crippen LogP) is 1.63. The molecule has 80 valence electrons. The number of carboxylic acids is 1. The highest BCUT2D eigenvalue weighted by molar-refractivity contribution is 7.98. The van der Waals surface area contributed by atoms with Crippen molar-refractivity contribution in [1.82, 2.24) is 0 Å². The van der Waals surface area contributed by atoms with E-state index in [1.54, 1.807) is 11.8 Å². The van der Waals surface area contributed by atoms with Gasteiger partial charge in [-0.2, -0.15) is 11.8 Å². The molecular weight excluding hydrogens is 198 g/mol. The van der Waals surface area contributed by atoms with Crippen LogP contribution in [0.15, 0.2) is 11.6 Å². The predicted molar refractivity (Wildman–Crippen MR) is 59.5 cm³/mol. The van der Waals surface area contributed by atoms with Crippen molar-refractivity contribution in [2.24, 2.45) is 5.73 Å². The largest absolute Gasteiger partial charge is 0.480 e. The van der Waals surface area contributed by atoms with Crippen LogP contribution in [0.1, 0.15) is 25.7 Å². The Labute approximate surface area is 88.7 Å². The lowest BCUT2D eigenvalue weighted by Crippen LogP contribution is -2.49. The van der Waals surface area contributed by atoms with Crippen molar-refractivity contribution in [2.75, 3.05) is 12.0 Å². The van der Waals surface area contributed by atoms with E-state index in [1.165, 1.54) is 0 Å². The first-order valence-corrected chi connectivity index (χ1v) is 6.21. The second-order valence-corrected chi connectivity index (χ2v) is 4.63. The van der Waals surface area contributed by atoms with Crippen molar-refractivity contribution in [2.45, 2.75) is 31.2 Å². The third-order valence-electron chi connectivity index (χ3n) is 2.70. The molecule has 3 nitrogen and oxygen atoms in total. The lowest BCUT2D eigenvalue weighted by Gasteiger charge is -2.26. The van der Waals surface area contributed by atoms with Crippen LogP contribution in [0, 0.1) is 0 Å². The Kier molecular flexibility index (Phi) is 4.01. The van der Waals surface area contributed by atoms with Crippen molar-refractivity contribution in [1.29, 1.82) is 0 Å². The van der Waals surface area contributed by atoms with E-state index in [4.69, 9.17) is 10.8 Å². The fourth-order valence-corrected chi connectivity index (χ4v) is 2.27. The molecule has 0 saturated carbocycles. The minimum absolute atomic E-state index is 0.523. The zero-order valence-corrected chi connectivity index (χ0v) is 9.27. The first-order valence-electron chi connectivity index (χ1n) is 4.82. The molecule has 0 fully saturated rings. The smallest absolute Gasteiger partial charge is 0.328 e. The van der Waals surface area contributed by atoms with Gasteiger partial charge in [0.15, 0.2) is 0 Å². The van der Waals surface area contributed by atoms with Gasteiger partial charge in [0.1, 0.15) is 5.54 Å². The summed E-state index contributed by atoms with van der Waals surface area (Å²) in [6.45, 7) is 0. The van der Waals surface area contributed by atoms with Crippen LogP contribution in [0.3, 0.4) is 0 Å². The third-order valence-corrected chi connectivity index (χ3v) is 3.31. The molecule has 0 aromatic carbocycles. The summed E-state index contributed by atoms with van der Waals surface area (Å²) in [6.07, 6.45) is 7.34. The molecule has 14 heavy (non-hydrogen) atoms. The molecule has 1 aliphatic rings. The molecule has 0 radical (unpaired) electrons. The molecule has 1 rings (SSSR count). The van der Waals surface area contributed by atoms with Crippen LogP contribution in [-0.4, -0.2) is 28.6 Å². The van der Waals surface area contributed by atoms with Crippen molar-refractivity contribution in [3.05, 3.63) is 11.6 Å². The molecule has 4 heteroatoms. The average Bonchev–Trinajstić information content (AvgIpc) is 2.66. The van der Waals surface area contributed by atoms with Gasteiger partial charge in [0, 0.05) is 0 Å². The normalized spacial score (nSPS) is 20.3. The average molecular weight is 215 g/mol. The van der Waals surface area contributed by atoms with E-state index < -0.39 is 11.5 Å². The Bertz CT molecular complexity index is 253. The Hall–Kier alpha value is -0.480. The van der Waals surface area contributed by atoms with Crippen molar-refractivity contribution in [3.63, 3.8) is 0 Å². The van der Waals surface area contributed by atoms with Gasteiger partial charge in [-0.15, -0.1) is 0 Å². The summed E-state index contributed by atoms with van der Waals surface area (Å²) < 4.78 is 0. The monoisotopic (exact) mass is 215 g/mol. The summed E-state index contributed by atoms with van der Waals surface area (Å²) in [7, 11) is 0. The molecule has 1 unspecified atom stereocenters. The highest BCUT2D eigenvalue weighted by Gasteiger charge is 2.37. The van der Waals surface area contributed by atoms with Gasteiger partial charge in [-0.05, 0) is 43.3 Å². The Morgan fingerprint density at radius 3 is 2.93 bits per heavy atom. The van der Waals surface area contributed by atoms with Gasteiger partial charge in [-0.25, -0.2) is 4.79 Å². The molecule has 0 saturated heterocycles. The molecule has 0 aromatic heterocycles. The zero-order chi connectivity index (χ0) is 10.6. The van der Waals surface area contributed by atoms with Crippen molar-refractivity contribution >= 4 is 17.7 Å². The number of hydrogen-bond donors (Lipinski definition) is 2. The second kappa shape index (κ2) is 4.84. The van der Waals surface area contributed by atoms with Crippen molar-refractivity contribution in [3.8, 4) is 0 Å². The number of thioether (sulfide) groups is 1. The van der Waals surface area contributed by atoms with Crippen LogP contribution in [0.2, 0.25) is 0 Å².